The summed E-state index contributed by atoms with van der Waals surface area (Å²) >= 11 is 0. The highest BCUT2D eigenvalue weighted by Gasteiger charge is 2.22. The Bertz CT molecular complexity index is 1400. The van der Waals surface area contributed by atoms with Crippen molar-refractivity contribution in [2.24, 2.45) is 7.05 Å². The first-order valence-corrected chi connectivity index (χ1v) is 11.0. The van der Waals surface area contributed by atoms with Crippen molar-refractivity contribution in [1.82, 2.24) is 30.4 Å². The quantitative estimate of drug-likeness (QED) is 0.444. The number of nitrogens with zero attached hydrogens (tertiary/aromatic N) is 5. The van der Waals surface area contributed by atoms with Gasteiger partial charge >= 0.3 is 0 Å². The van der Waals surface area contributed by atoms with Crippen LogP contribution in [0.2, 0.25) is 0 Å². The molecule has 170 valence electrons. The molecule has 2 aromatic heterocycles. The molecule has 2 aromatic carbocycles. The van der Waals surface area contributed by atoms with Crippen LogP contribution in [0.1, 0.15) is 23.0 Å². The molecule has 3 heterocycles. The first-order chi connectivity index (χ1) is 15.9. The second kappa shape index (κ2) is 8.00. The molecule has 1 unspecified atom stereocenters. The van der Waals surface area contributed by atoms with Gasteiger partial charge in [0.15, 0.2) is 5.82 Å². The summed E-state index contributed by atoms with van der Waals surface area (Å²) in [5, 5.41) is 23.0. The van der Waals surface area contributed by atoms with Gasteiger partial charge in [0, 0.05) is 68.0 Å². The molecule has 0 bridgehead atoms. The number of rotatable bonds is 3. The number of piperazine rings is 1. The fraction of sp³-hybridized carbons (Fsp3) is 0.333. The van der Waals surface area contributed by atoms with Gasteiger partial charge in [-0.25, -0.2) is 9.97 Å². The Hall–Kier alpha value is -3.72. The van der Waals surface area contributed by atoms with Gasteiger partial charge in [0.1, 0.15) is 11.4 Å². The fourth-order valence-electron chi connectivity index (χ4n) is 4.50. The number of benzene rings is 2. The second-order valence-corrected chi connectivity index (χ2v) is 8.62. The highest BCUT2D eigenvalue weighted by atomic mass is 16.3. The number of aromatic hydroxyl groups is 1. The molecule has 1 fully saturated rings. The third-order valence-corrected chi connectivity index (χ3v) is 6.22. The van der Waals surface area contributed by atoms with Crippen LogP contribution in [0.15, 0.2) is 30.5 Å². The average molecular weight is 446 g/mol. The van der Waals surface area contributed by atoms with Crippen LogP contribution < -0.4 is 15.5 Å². The van der Waals surface area contributed by atoms with E-state index in [2.05, 4.69) is 32.5 Å². The van der Waals surface area contributed by atoms with E-state index in [1.165, 1.54) is 0 Å². The molecule has 1 aliphatic rings. The molecule has 0 radical (unpaired) electrons. The summed E-state index contributed by atoms with van der Waals surface area (Å²) in [6, 6.07) is 8.13. The van der Waals surface area contributed by atoms with Gasteiger partial charge in [0.05, 0.1) is 16.6 Å². The molecule has 3 N–H and O–H groups in total. The van der Waals surface area contributed by atoms with Crippen LogP contribution in [-0.2, 0) is 7.05 Å². The highest BCUT2D eigenvalue weighted by molar-refractivity contribution is 6.06. The summed E-state index contributed by atoms with van der Waals surface area (Å²) < 4.78 is 1.70. The number of carbonyl (C=O) groups excluding carboxylic acids is 1. The maximum Gasteiger partial charge on any atom is 0.270 e. The van der Waals surface area contributed by atoms with Crippen LogP contribution in [0.25, 0.3) is 33.2 Å². The summed E-state index contributed by atoms with van der Waals surface area (Å²) in [5.41, 5.74) is 3.81. The molecule has 4 aromatic rings. The molecule has 5 rings (SSSR count). The monoisotopic (exact) mass is 445 g/mol. The van der Waals surface area contributed by atoms with Gasteiger partial charge in [0.25, 0.3) is 5.91 Å². The Morgan fingerprint density at radius 3 is 2.85 bits per heavy atom. The van der Waals surface area contributed by atoms with E-state index < -0.39 is 0 Å². The Labute approximate surface area is 191 Å². The van der Waals surface area contributed by atoms with Crippen molar-refractivity contribution >= 4 is 33.4 Å². The molecular weight excluding hydrogens is 418 g/mol. The van der Waals surface area contributed by atoms with Gasteiger partial charge in [-0.15, -0.1) is 0 Å². The smallest absolute Gasteiger partial charge is 0.270 e. The zero-order valence-electron chi connectivity index (χ0n) is 19.2. The Kier molecular flexibility index (Phi) is 5.13. The molecular formula is C24H27N7O2. The minimum Gasteiger partial charge on any atom is -0.507 e. The van der Waals surface area contributed by atoms with Crippen molar-refractivity contribution in [1.29, 1.82) is 0 Å². The van der Waals surface area contributed by atoms with Crippen molar-refractivity contribution in [3.05, 3.63) is 41.7 Å². The lowest BCUT2D eigenvalue weighted by Gasteiger charge is -2.33. The molecule has 0 aliphatic carbocycles. The van der Waals surface area contributed by atoms with E-state index >= 15 is 0 Å². The number of phenolic OH excluding ortho intramolecular Hbond substituents is 1. The third-order valence-electron chi connectivity index (χ3n) is 6.22. The number of fused-ring (bicyclic) bond motifs is 2. The summed E-state index contributed by atoms with van der Waals surface area (Å²) in [4.78, 5) is 24.5. The predicted octanol–water partition coefficient (Wildman–Crippen LogP) is 2.36. The molecule has 1 aliphatic heterocycles. The van der Waals surface area contributed by atoms with Gasteiger partial charge in [0.2, 0.25) is 0 Å². The molecule has 1 amide bonds. The van der Waals surface area contributed by atoms with E-state index in [-0.39, 0.29) is 17.4 Å². The van der Waals surface area contributed by atoms with E-state index in [1.807, 2.05) is 44.4 Å². The van der Waals surface area contributed by atoms with Crippen molar-refractivity contribution in [2.75, 3.05) is 31.6 Å². The number of aryl methyl sites for hydroxylation is 2. The highest BCUT2D eigenvalue weighted by Crippen LogP contribution is 2.36. The van der Waals surface area contributed by atoms with Gasteiger partial charge in [-0.05, 0) is 38.1 Å². The average Bonchev–Trinajstić information content (AvgIpc) is 3.20. The Morgan fingerprint density at radius 1 is 1.27 bits per heavy atom. The van der Waals surface area contributed by atoms with Gasteiger partial charge in [-0.3, -0.25) is 9.48 Å². The molecule has 0 spiro atoms. The van der Waals surface area contributed by atoms with E-state index in [1.54, 1.807) is 11.7 Å². The minimum atomic E-state index is -0.298. The summed E-state index contributed by atoms with van der Waals surface area (Å²) in [7, 11) is 3.42. The first kappa shape index (κ1) is 21.1. The molecule has 0 saturated carbocycles. The Morgan fingerprint density at radius 2 is 2.09 bits per heavy atom. The summed E-state index contributed by atoms with van der Waals surface area (Å²) in [6.07, 6.45) is 1.88. The lowest BCUT2D eigenvalue weighted by molar-refractivity contribution is 0.0960. The normalized spacial score (nSPS) is 16.5. The standard InChI is InChI=1S/C24H27N7O2/c1-13-11-31(8-7-26-13)16-5-6-19-17(10-16)21(24(33)25-3)28-23(27-19)18-9-15-12-30(4)29-20(15)14(2)22(18)32/h5-6,9-10,12-13,26,32H,7-8,11H2,1-4H3,(H,25,33). The van der Waals surface area contributed by atoms with Crippen LogP contribution in [0.5, 0.6) is 5.75 Å². The number of amides is 1. The van der Waals surface area contributed by atoms with E-state index in [0.29, 0.717) is 33.9 Å². The van der Waals surface area contributed by atoms with Crippen LogP contribution >= 0.6 is 0 Å². The number of hydrogen-bond acceptors (Lipinski definition) is 7. The molecule has 9 nitrogen and oxygen atoms in total. The van der Waals surface area contributed by atoms with E-state index in [0.717, 1.165) is 36.2 Å². The number of nitrogens with one attached hydrogen (secondary N) is 2. The SMILES string of the molecule is CNC(=O)c1nc(-c2cc3cn(C)nc3c(C)c2O)nc2ccc(N3CCNC(C)C3)cc12. The van der Waals surface area contributed by atoms with E-state index in [4.69, 9.17) is 4.98 Å². The predicted molar refractivity (Wildman–Crippen MR) is 129 cm³/mol. The first-order valence-electron chi connectivity index (χ1n) is 11.0. The summed E-state index contributed by atoms with van der Waals surface area (Å²) in [5.74, 6) is 0.0685. The molecule has 1 atom stereocenters. The van der Waals surface area contributed by atoms with E-state index in [9.17, 15) is 9.90 Å². The fourth-order valence-corrected chi connectivity index (χ4v) is 4.50. The number of aromatic nitrogens is 4. The van der Waals surface area contributed by atoms with Gasteiger partial charge in [-0.1, -0.05) is 0 Å². The number of phenols is 1. The van der Waals surface area contributed by atoms with Crippen LogP contribution in [0.3, 0.4) is 0 Å². The van der Waals surface area contributed by atoms with Gasteiger partial charge in [-0.2, -0.15) is 5.10 Å². The van der Waals surface area contributed by atoms with Crippen LogP contribution in [0.4, 0.5) is 5.69 Å². The maximum atomic E-state index is 12.8. The second-order valence-electron chi connectivity index (χ2n) is 8.62. The number of anilines is 1. The van der Waals surface area contributed by atoms with Crippen LogP contribution in [-0.4, -0.2) is 63.5 Å². The topological polar surface area (TPSA) is 108 Å². The van der Waals surface area contributed by atoms with Crippen molar-refractivity contribution in [2.45, 2.75) is 19.9 Å². The van der Waals surface area contributed by atoms with Crippen molar-refractivity contribution in [3.63, 3.8) is 0 Å². The molecule has 33 heavy (non-hydrogen) atoms. The van der Waals surface area contributed by atoms with Crippen molar-refractivity contribution < 1.29 is 9.90 Å². The number of hydrogen-bond donors (Lipinski definition) is 3. The largest absolute Gasteiger partial charge is 0.507 e. The van der Waals surface area contributed by atoms with Crippen LogP contribution in [0, 0.1) is 6.92 Å². The van der Waals surface area contributed by atoms with Gasteiger partial charge < -0.3 is 20.6 Å². The Balaban J connectivity index is 1.69. The zero-order valence-corrected chi connectivity index (χ0v) is 19.2. The lowest BCUT2D eigenvalue weighted by atomic mass is 10.0. The lowest BCUT2D eigenvalue weighted by Crippen LogP contribution is -2.49. The number of carbonyl (C=O) groups is 1. The molecule has 1 saturated heterocycles. The minimum absolute atomic E-state index is 0.0647. The summed E-state index contributed by atoms with van der Waals surface area (Å²) in [6.45, 7) is 6.66. The zero-order chi connectivity index (χ0) is 23.3. The third kappa shape index (κ3) is 3.64. The maximum absolute atomic E-state index is 12.8. The molecule has 9 heteroatoms. The van der Waals surface area contributed by atoms with Crippen molar-refractivity contribution in [3.8, 4) is 17.1 Å².